The van der Waals surface area contributed by atoms with Crippen LogP contribution in [0.2, 0.25) is 0 Å². The van der Waals surface area contributed by atoms with E-state index >= 15 is 0 Å². The third-order valence-electron chi connectivity index (χ3n) is 2.96. The highest BCUT2D eigenvalue weighted by atomic mass is 32.1. The summed E-state index contributed by atoms with van der Waals surface area (Å²) in [5, 5.41) is 6.97. The monoisotopic (exact) mass is 271 g/mol. The van der Waals surface area contributed by atoms with Crippen LogP contribution in [0.15, 0.2) is 41.1 Å². The number of benzene rings is 1. The highest BCUT2D eigenvalue weighted by Gasteiger charge is 2.06. The van der Waals surface area contributed by atoms with E-state index in [2.05, 4.69) is 12.2 Å². The van der Waals surface area contributed by atoms with Crippen molar-refractivity contribution in [2.24, 2.45) is 0 Å². The van der Waals surface area contributed by atoms with Crippen molar-refractivity contribution in [3.8, 4) is 0 Å². The lowest BCUT2D eigenvalue weighted by Crippen LogP contribution is -2.10. The van der Waals surface area contributed by atoms with Crippen LogP contribution in [0.25, 0.3) is 6.08 Å². The Morgan fingerprint density at radius 1 is 1.37 bits per heavy atom. The molecule has 0 atom stereocenters. The molecule has 0 fully saturated rings. The summed E-state index contributed by atoms with van der Waals surface area (Å²) in [7, 11) is 0. The number of amides is 1. The first kappa shape index (κ1) is 13.6. The SMILES string of the molecule is CCc1cccc(C)c1NC(=O)/C=C/c1ccsc1. The molecule has 0 aliphatic rings. The van der Waals surface area contributed by atoms with Crippen molar-refractivity contribution in [2.75, 3.05) is 5.32 Å². The smallest absolute Gasteiger partial charge is 0.248 e. The Kier molecular flexibility index (Phi) is 4.53. The number of nitrogens with one attached hydrogen (secondary N) is 1. The zero-order valence-corrected chi connectivity index (χ0v) is 12.0. The summed E-state index contributed by atoms with van der Waals surface area (Å²) in [5.41, 5.74) is 4.25. The highest BCUT2D eigenvalue weighted by Crippen LogP contribution is 2.21. The molecular formula is C16H17NOS. The number of anilines is 1. The van der Waals surface area contributed by atoms with Gasteiger partial charge in [-0.15, -0.1) is 0 Å². The van der Waals surface area contributed by atoms with Gasteiger partial charge in [0.25, 0.3) is 0 Å². The number of aryl methyl sites for hydroxylation is 2. The van der Waals surface area contributed by atoms with E-state index in [0.29, 0.717) is 0 Å². The van der Waals surface area contributed by atoms with Gasteiger partial charge in [0.1, 0.15) is 0 Å². The Hall–Kier alpha value is -1.87. The van der Waals surface area contributed by atoms with Crippen LogP contribution in [0, 0.1) is 6.92 Å². The highest BCUT2D eigenvalue weighted by molar-refractivity contribution is 7.08. The standard InChI is InChI=1S/C16H17NOS/c1-3-14-6-4-5-12(2)16(14)17-15(18)8-7-13-9-10-19-11-13/h4-11H,3H2,1-2H3,(H,17,18)/b8-7+. The van der Waals surface area contributed by atoms with Gasteiger partial charge in [0.15, 0.2) is 0 Å². The van der Waals surface area contributed by atoms with Crippen LogP contribution in [0.5, 0.6) is 0 Å². The molecule has 0 saturated heterocycles. The fourth-order valence-corrected chi connectivity index (χ4v) is 2.54. The molecule has 1 heterocycles. The molecule has 2 aromatic rings. The van der Waals surface area contributed by atoms with Crippen molar-refractivity contribution in [3.63, 3.8) is 0 Å². The average Bonchev–Trinajstić information content (AvgIpc) is 2.92. The maximum atomic E-state index is 11.9. The van der Waals surface area contributed by atoms with E-state index in [9.17, 15) is 4.79 Å². The average molecular weight is 271 g/mol. The Balaban J connectivity index is 2.11. The lowest BCUT2D eigenvalue weighted by molar-refractivity contribution is -0.111. The van der Waals surface area contributed by atoms with Crippen LogP contribution < -0.4 is 5.32 Å². The molecule has 0 radical (unpaired) electrons. The maximum Gasteiger partial charge on any atom is 0.248 e. The minimum Gasteiger partial charge on any atom is -0.322 e. The van der Waals surface area contributed by atoms with Gasteiger partial charge in [-0.3, -0.25) is 4.79 Å². The number of hydrogen-bond acceptors (Lipinski definition) is 2. The van der Waals surface area contributed by atoms with Crippen LogP contribution >= 0.6 is 11.3 Å². The van der Waals surface area contributed by atoms with E-state index in [1.54, 1.807) is 17.4 Å². The number of carbonyl (C=O) groups is 1. The summed E-state index contributed by atoms with van der Waals surface area (Å²) in [6, 6.07) is 8.06. The van der Waals surface area contributed by atoms with Gasteiger partial charge in [-0.25, -0.2) is 0 Å². The van der Waals surface area contributed by atoms with Gasteiger partial charge >= 0.3 is 0 Å². The first-order valence-electron chi connectivity index (χ1n) is 6.30. The van der Waals surface area contributed by atoms with Crippen molar-refractivity contribution in [1.29, 1.82) is 0 Å². The van der Waals surface area contributed by atoms with Crippen molar-refractivity contribution >= 4 is 29.0 Å². The molecule has 1 N–H and O–H groups in total. The number of para-hydroxylation sites is 1. The first-order chi connectivity index (χ1) is 9.20. The summed E-state index contributed by atoms with van der Waals surface area (Å²) in [5.74, 6) is -0.0878. The second-order valence-corrected chi connectivity index (χ2v) is 5.12. The molecule has 98 valence electrons. The number of rotatable bonds is 4. The Bertz CT molecular complexity index is 585. The fourth-order valence-electron chi connectivity index (χ4n) is 1.91. The van der Waals surface area contributed by atoms with Gasteiger partial charge < -0.3 is 5.32 Å². The molecule has 19 heavy (non-hydrogen) atoms. The van der Waals surface area contributed by atoms with Gasteiger partial charge in [0.05, 0.1) is 0 Å². The molecule has 2 rings (SSSR count). The van der Waals surface area contributed by atoms with E-state index in [0.717, 1.165) is 28.8 Å². The molecule has 1 amide bonds. The van der Waals surface area contributed by atoms with Gasteiger partial charge in [-0.05, 0) is 52.9 Å². The maximum absolute atomic E-state index is 11.9. The lowest BCUT2D eigenvalue weighted by Gasteiger charge is -2.11. The van der Waals surface area contributed by atoms with E-state index < -0.39 is 0 Å². The summed E-state index contributed by atoms with van der Waals surface area (Å²) in [6.07, 6.45) is 4.31. The molecule has 3 heteroatoms. The minimum atomic E-state index is -0.0878. The molecule has 0 saturated carbocycles. The van der Waals surface area contributed by atoms with E-state index in [1.165, 1.54) is 0 Å². The lowest BCUT2D eigenvalue weighted by atomic mass is 10.1. The van der Waals surface area contributed by atoms with Crippen molar-refractivity contribution in [1.82, 2.24) is 0 Å². The quantitative estimate of drug-likeness (QED) is 0.827. The molecule has 1 aromatic carbocycles. The van der Waals surface area contributed by atoms with Crippen LogP contribution in [-0.2, 0) is 11.2 Å². The normalized spacial score (nSPS) is 10.8. The summed E-state index contributed by atoms with van der Waals surface area (Å²) >= 11 is 1.62. The largest absolute Gasteiger partial charge is 0.322 e. The summed E-state index contributed by atoms with van der Waals surface area (Å²) < 4.78 is 0. The van der Waals surface area contributed by atoms with Gasteiger partial charge in [0.2, 0.25) is 5.91 Å². The Morgan fingerprint density at radius 2 is 2.21 bits per heavy atom. The predicted octanol–water partition coefficient (Wildman–Crippen LogP) is 4.27. The van der Waals surface area contributed by atoms with Crippen molar-refractivity contribution in [3.05, 3.63) is 57.8 Å². The third-order valence-corrected chi connectivity index (χ3v) is 3.66. The third kappa shape index (κ3) is 3.55. The molecule has 0 aliphatic carbocycles. The van der Waals surface area contributed by atoms with E-state index in [-0.39, 0.29) is 5.91 Å². The van der Waals surface area contributed by atoms with Crippen LogP contribution in [0.3, 0.4) is 0 Å². The Morgan fingerprint density at radius 3 is 2.89 bits per heavy atom. The van der Waals surface area contributed by atoms with Crippen molar-refractivity contribution in [2.45, 2.75) is 20.3 Å². The van der Waals surface area contributed by atoms with Gasteiger partial charge in [-0.1, -0.05) is 25.1 Å². The number of carbonyl (C=O) groups excluding carboxylic acids is 1. The second-order valence-electron chi connectivity index (χ2n) is 4.34. The summed E-state index contributed by atoms with van der Waals surface area (Å²) in [6.45, 7) is 4.10. The Labute approximate surface area is 117 Å². The number of hydrogen-bond donors (Lipinski definition) is 1. The topological polar surface area (TPSA) is 29.1 Å². The minimum absolute atomic E-state index is 0.0878. The first-order valence-corrected chi connectivity index (χ1v) is 7.24. The van der Waals surface area contributed by atoms with Crippen LogP contribution in [0.4, 0.5) is 5.69 Å². The molecule has 0 bridgehead atoms. The molecule has 1 aromatic heterocycles. The molecular weight excluding hydrogens is 254 g/mol. The molecule has 2 nitrogen and oxygen atoms in total. The fraction of sp³-hybridized carbons (Fsp3) is 0.188. The predicted molar refractivity (Wildman–Crippen MR) is 82.5 cm³/mol. The van der Waals surface area contributed by atoms with Crippen LogP contribution in [-0.4, -0.2) is 5.91 Å². The zero-order chi connectivity index (χ0) is 13.7. The second kappa shape index (κ2) is 6.34. The molecule has 0 unspecified atom stereocenters. The molecule has 0 spiro atoms. The van der Waals surface area contributed by atoms with Crippen LogP contribution in [0.1, 0.15) is 23.6 Å². The van der Waals surface area contributed by atoms with E-state index in [1.807, 2.05) is 48.0 Å². The van der Waals surface area contributed by atoms with Crippen molar-refractivity contribution < 1.29 is 4.79 Å². The molecule has 0 aliphatic heterocycles. The van der Waals surface area contributed by atoms with E-state index in [4.69, 9.17) is 0 Å². The number of thiophene rings is 1. The zero-order valence-electron chi connectivity index (χ0n) is 11.1. The van der Waals surface area contributed by atoms with Gasteiger partial charge in [-0.2, -0.15) is 11.3 Å². The van der Waals surface area contributed by atoms with Gasteiger partial charge in [0, 0.05) is 11.8 Å². The summed E-state index contributed by atoms with van der Waals surface area (Å²) in [4.78, 5) is 11.9.